The van der Waals surface area contributed by atoms with E-state index in [0.29, 0.717) is 25.7 Å². The summed E-state index contributed by atoms with van der Waals surface area (Å²) in [5.74, 6) is -0.549. The van der Waals surface area contributed by atoms with Crippen molar-refractivity contribution < 1.29 is 80.2 Å². The molecule has 99 heavy (non-hydrogen) atoms. The van der Waals surface area contributed by atoms with Crippen molar-refractivity contribution in [2.75, 3.05) is 39.6 Å². The van der Waals surface area contributed by atoms with Crippen molar-refractivity contribution in [2.24, 2.45) is 11.8 Å². The summed E-state index contributed by atoms with van der Waals surface area (Å²) in [6.07, 6.45) is 61.0. The fraction of sp³-hybridized carbons (Fsp3) is 0.950. The topological polar surface area (TPSA) is 237 Å². The molecule has 0 radical (unpaired) electrons. The molecular weight excluding hydrogens is 1290 g/mol. The van der Waals surface area contributed by atoms with Crippen molar-refractivity contribution in [1.29, 1.82) is 0 Å². The maximum atomic E-state index is 13.1. The van der Waals surface area contributed by atoms with Crippen LogP contribution in [0.3, 0.4) is 0 Å². The Hall–Kier alpha value is -1.94. The number of unbranched alkanes of at least 4 members (excludes halogenated alkanes) is 48. The lowest BCUT2D eigenvalue weighted by Gasteiger charge is -2.21. The Morgan fingerprint density at radius 2 is 0.515 bits per heavy atom. The molecule has 0 aliphatic carbocycles. The van der Waals surface area contributed by atoms with Gasteiger partial charge in [-0.25, -0.2) is 9.13 Å². The Labute approximate surface area is 607 Å². The predicted molar refractivity (Wildman–Crippen MR) is 405 cm³/mol. The van der Waals surface area contributed by atoms with E-state index in [1.807, 2.05) is 0 Å². The molecule has 6 atom stereocenters. The third kappa shape index (κ3) is 72.8. The Morgan fingerprint density at radius 1 is 0.293 bits per heavy atom. The number of aliphatic hydroxyl groups is 1. The van der Waals surface area contributed by atoms with Crippen LogP contribution >= 0.6 is 15.6 Å². The van der Waals surface area contributed by atoms with Crippen molar-refractivity contribution in [3.63, 3.8) is 0 Å². The van der Waals surface area contributed by atoms with E-state index in [2.05, 4.69) is 41.5 Å². The number of ether oxygens (including phenoxy) is 4. The Bertz CT molecular complexity index is 1910. The minimum Gasteiger partial charge on any atom is -0.462 e. The molecule has 17 nitrogen and oxygen atoms in total. The molecule has 0 spiro atoms. The van der Waals surface area contributed by atoms with Gasteiger partial charge < -0.3 is 33.8 Å². The van der Waals surface area contributed by atoms with Gasteiger partial charge in [0, 0.05) is 25.7 Å². The SMILES string of the molecule is CCCCCCCCCCCCCCCCCCCCCCCC(=O)O[C@H](COC(=O)CCCCCCCCCCCCC(C)CC)COP(=O)(O)OC[C@@H](O)COP(=O)(O)OC[C@@H](COC(=O)CCCCCCCCCCCCC)OC(=O)CCCCCCCCCCCCC(C)C. The molecule has 0 heterocycles. The number of aliphatic hydroxyl groups excluding tert-OH is 1. The van der Waals surface area contributed by atoms with Crippen molar-refractivity contribution >= 4 is 39.5 Å². The number of hydrogen-bond donors (Lipinski definition) is 3. The highest BCUT2D eigenvalue weighted by molar-refractivity contribution is 7.47. The van der Waals surface area contributed by atoms with E-state index in [4.69, 9.17) is 37.0 Å². The Balaban J connectivity index is 5.22. The number of phosphoric ester groups is 2. The zero-order valence-corrected chi connectivity index (χ0v) is 66.6. The second-order valence-electron chi connectivity index (χ2n) is 29.5. The summed E-state index contributed by atoms with van der Waals surface area (Å²) in [5, 5.41) is 10.6. The molecule has 0 aromatic heterocycles. The molecule has 3 unspecified atom stereocenters. The smallest absolute Gasteiger partial charge is 0.462 e. The quantitative estimate of drug-likeness (QED) is 0.0222. The maximum absolute atomic E-state index is 13.1. The number of esters is 4. The van der Waals surface area contributed by atoms with E-state index < -0.39 is 97.5 Å². The van der Waals surface area contributed by atoms with Crippen LogP contribution in [0.4, 0.5) is 0 Å². The van der Waals surface area contributed by atoms with Crippen LogP contribution in [0.2, 0.25) is 0 Å². The standard InChI is InChI=1S/C80H156O17P2/c1-7-10-12-14-16-18-20-21-22-23-24-25-26-27-28-29-31-40-46-52-58-64-79(84)96-75(69-91-78(83)63-57-51-45-39-35-33-37-43-49-55-61-73(6)9-3)70-94-98(86,87)92-66-74(81)67-93-99(88,89)95-71-76(68-90-77(82)62-56-50-44-38-30-19-17-15-13-11-8-2)97-80(85)65-59-53-47-41-34-32-36-42-48-54-60-72(4)5/h72-76,81H,7-71H2,1-6H3,(H,86,87)(H,88,89)/t73?,74-,75-,76-/m1/s1. The lowest BCUT2D eigenvalue weighted by atomic mass is 9.99. The van der Waals surface area contributed by atoms with Crippen LogP contribution in [-0.4, -0.2) is 96.7 Å². The zero-order valence-electron chi connectivity index (χ0n) is 64.8. The Kier molecular flexibility index (Phi) is 70.3. The van der Waals surface area contributed by atoms with E-state index in [-0.39, 0.29) is 25.7 Å². The fourth-order valence-electron chi connectivity index (χ4n) is 12.3. The summed E-state index contributed by atoms with van der Waals surface area (Å²) in [6.45, 7) is 9.64. The normalized spacial score (nSPS) is 14.2. The van der Waals surface area contributed by atoms with Crippen LogP contribution in [-0.2, 0) is 65.4 Å². The third-order valence-corrected chi connectivity index (χ3v) is 21.0. The second-order valence-corrected chi connectivity index (χ2v) is 32.4. The van der Waals surface area contributed by atoms with Crippen LogP contribution in [0.1, 0.15) is 420 Å². The van der Waals surface area contributed by atoms with Crippen molar-refractivity contribution in [3.05, 3.63) is 0 Å². The molecule has 0 aromatic rings. The maximum Gasteiger partial charge on any atom is 0.472 e. The molecule has 0 aromatic carbocycles. The van der Waals surface area contributed by atoms with Crippen LogP contribution < -0.4 is 0 Å². The summed E-state index contributed by atoms with van der Waals surface area (Å²) >= 11 is 0. The van der Waals surface area contributed by atoms with E-state index >= 15 is 0 Å². The van der Waals surface area contributed by atoms with E-state index in [1.165, 1.54) is 238 Å². The van der Waals surface area contributed by atoms with Gasteiger partial charge in [-0.15, -0.1) is 0 Å². The van der Waals surface area contributed by atoms with Gasteiger partial charge in [-0.05, 0) is 37.5 Å². The van der Waals surface area contributed by atoms with Gasteiger partial charge in [0.05, 0.1) is 26.4 Å². The monoisotopic (exact) mass is 1450 g/mol. The number of rotatable bonds is 79. The molecule has 19 heteroatoms. The number of carbonyl (C=O) groups excluding carboxylic acids is 4. The fourth-order valence-corrected chi connectivity index (χ4v) is 13.9. The highest BCUT2D eigenvalue weighted by Crippen LogP contribution is 2.45. The summed E-state index contributed by atoms with van der Waals surface area (Å²) in [7, 11) is -9.92. The van der Waals surface area contributed by atoms with Crippen LogP contribution in [0.15, 0.2) is 0 Å². The Morgan fingerprint density at radius 3 is 0.768 bits per heavy atom. The average molecular weight is 1450 g/mol. The molecule has 0 fully saturated rings. The summed E-state index contributed by atoms with van der Waals surface area (Å²) < 4.78 is 68.7. The van der Waals surface area contributed by atoms with Crippen molar-refractivity contribution in [3.8, 4) is 0 Å². The average Bonchev–Trinajstić information content (AvgIpc) is 0.972. The predicted octanol–water partition coefficient (Wildman–Crippen LogP) is 23.9. The number of carbonyl (C=O) groups is 4. The molecule has 0 aliphatic heterocycles. The van der Waals surface area contributed by atoms with E-state index in [0.717, 1.165) is 102 Å². The second kappa shape index (κ2) is 71.7. The van der Waals surface area contributed by atoms with Gasteiger partial charge >= 0.3 is 39.5 Å². The van der Waals surface area contributed by atoms with Gasteiger partial charge in [0.25, 0.3) is 0 Å². The van der Waals surface area contributed by atoms with Crippen molar-refractivity contribution in [1.82, 2.24) is 0 Å². The summed E-state index contributed by atoms with van der Waals surface area (Å²) in [4.78, 5) is 73.0. The molecule has 0 saturated heterocycles. The minimum atomic E-state index is -4.96. The van der Waals surface area contributed by atoms with Gasteiger partial charge in [-0.2, -0.15) is 0 Å². The molecular formula is C80H156O17P2. The zero-order chi connectivity index (χ0) is 72.8. The van der Waals surface area contributed by atoms with Crippen LogP contribution in [0.25, 0.3) is 0 Å². The first kappa shape index (κ1) is 97.1. The lowest BCUT2D eigenvalue weighted by Crippen LogP contribution is -2.30. The number of hydrogen-bond acceptors (Lipinski definition) is 15. The molecule has 0 bridgehead atoms. The molecule has 0 aliphatic rings. The van der Waals surface area contributed by atoms with Gasteiger partial charge in [0.2, 0.25) is 0 Å². The van der Waals surface area contributed by atoms with Gasteiger partial charge in [-0.3, -0.25) is 37.3 Å². The minimum absolute atomic E-state index is 0.106. The van der Waals surface area contributed by atoms with Gasteiger partial charge in [0.15, 0.2) is 12.2 Å². The van der Waals surface area contributed by atoms with E-state index in [1.54, 1.807) is 0 Å². The van der Waals surface area contributed by atoms with Gasteiger partial charge in [0.1, 0.15) is 19.3 Å². The highest BCUT2D eigenvalue weighted by atomic mass is 31.2. The third-order valence-electron chi connectivity index (χ3n) is 19.1. The van der Waals surface area contributed by atoms with Crippen molar-refractivity contribution in [2.45, 2.75) is 439 Å². The van der Waals surface area contributed by atoms with E-state index in [9.17, 15) is 43.2 Å². The largest absolute Gasteiger partial charge is 0.472 e. The lowest BCUT2D eigenvalue weighted by molar-refractivity contribution is -0.161. The highest BCUT2D eigenvalue weighted by Gasteiger charge is 2.30. The first-order valence-corrected chi connectivity index (χ1v) is 44.5. The van der Waals surface area contributed by atoms with Crippen LogP contribution in [0.5, 0.6) is 0 Å². The molecule has 0 saturated carbocycles. The molecule has 588 valence electrons. The first-order valence-electron chi connectivity index (χ1n) is 41.5. The summed E-state index contributed by atoms with van der Waals surface area (Å²) in [5.41, 5.74) is 0. The summed E-state index contributed by atoms with van der Waals surface area (Å²) in [6, 6.07) is 0. The first-order chi connectivity index (χ1) is 47.9. The van der Waals surface area contributed by atoms with Gasteiger partial charge in [-0.1, -0.05) is 369 Å². The molecule has 0 amide bonds. The van der Waals surface area contributed by atoms with Crippen LogP contribution in [0, 0.1) is 11.8 Å². The number of phosphoric acid groups is 2. The molecule has 3 N–H and O–H groups in total. The molecule has 0 rings (SSSR count).